The zero-order valence-electron chi connectivity index (χ0n) is 13.5. The molecule has 2 aromatic carbocycles. The van der Waals surface area contributed by atoms with Crippen LogP contribution in [0.4, 0.5) is 0 Å². The monoisotopic (exact) mass is 358 g/mol. The average Bonchev–Trinajstić information content (AvgIpc) is 2.97. The maximum absolute atomic E-state index is 6.42. The molecule has 0 N–H and O–H groups in total. The molecule has 1 saturated carbocycles. The molecule has 0 amide bonds. The lowest BCUT2D eigenvalue weighted by atomic mass is 9.88. The summed E-state index contributed by atoms with van der Waals surface area (Å²) in [5.41, 5.74) is 3.34. The highest BCUT2D eigenvalue weighted by Gasteiger charge is 2.22. The SMILES string of the molecule is Clc1ccc(Cn2c(C3CCCCC3)nc3ccccc32)c(Cl)c1. The lowest BCUT2D eigenvalue weighted by Gasteiger charge is -2.22. The number of benzene rings is 2. The molecule has 24 heavy (non-hydrogen) atoms. The highest BCUT2D eigenvalue weighted by Crippen LogP contribution is 2.35. The number of imidazole rings is 1. The molecule has 0 spiro atoms. The summed E-state index contributed by atoms with van der Waals surface area (Å²) in [5, 5.41) is 1.39. The van der Waals surface area contributed by atoms with Crippen LogP contribution in [0.25, 0.3) is 11.0 Å². The molecule has 0 bridgehead atoms. The van der Waals surface area contributed by atoms with E-state index in [9.17, 15) is 0 Å². The van der Waals surface area contributed by atoms with Gasteiger partial charge in [0, 0.05) is 16.0 Å². The molecule has 1 aliphatic carbocycles. The quantitative estimate of drug-likeness (QED) is 0.526. The third kappa shape index (κ3) is 3.05. The summed E-state index contributed by atoms with van der Waals surface area (Å²) in [5.74, 6) is 1.76. The molecule has 1 aliphatic rings. The van der Waals surface area contributed by atoms with Gasteiger partial charge >= 0.3 is 0 Å². The number of aromatic nitrogens is 2. The molecule has 0 atom stereocenters. The number of hydrogen-bond acceptors (Lipinski definition) is 1. The van der Waals surface area contributed by atoms with Gasteiger partial charge in [0.15, 0.2) is 0 Å². The van der Waals surface area contributed by atoms with Crippen LogP contribution in [0.3, 0.4) is 0 Å². The van der Waals surface area contributed by atoms with E-state index in [2.05, 4.69) is 28.8 Å². The molecule has 0 unspecified atom stereocenters. The highest BCUT2D eigenvalue weighted by molar-refractivity contribution is 6.35. The number of fused-ring (bicyclic) bond motifs is 1. The minimum absolute atomic E-state index is 0.553. The van der Waals surface area contributed by atoms with Crippen LogP contribution < -0.4 is 0 Å². The molecule has 0 radical (unpaired) electrons. The molecule has 124 valence electrons. The largest absolute Gasteiger partial charge is 0.323 e. The van der Waals surface area contributed by atoms with Crippen molar-refractivity contribution in [2.24, 2.45) is 0 Å². The van der Waals surface area contributed by atoms with Crippen LogP contribution in [0, 0.1) is 0 Å². The van der Waals surface area contributed by atoms with Crippen LogP contribution in [-0.4, -0.2) is 9.55 Å². The first-order valence-electron chi connectivity index (χ1n) is 8.61. The predicted molar refractivity (Wildman–Crippen MR) is 101 cm³/mol. The summed E-state index contributed by atoms with van der Waals surface area (Å²) >= 11 is 12.5. The third-order valence-corrected chi connectivity index (χ3v) is 5.58. The first-order chi connectivity index (χ1) is 11.7. The van der Waals surface area contributed by atoms with E-state index in [4.69, 9.17) is 28.2 Å². The van der Waals surface area contributed by atoms with Crippen molar-refractivity contribution >= 4 is 34.2 Å². The lowest BCUT2D eigenvalue weighted by molar-refractivity contribution is 0.420. The van der Waals surface area contributed by atoms with Gasteiger partial charge in [0.1, 0.15) is 5.82 Å². The Morgan fingerprint density at radius 3 is 2.58 bits per heavy atom. The molecule has 4 rings (SSSR count). The fraction of sp³-hybridized carbons (Fsp3) is 0.350. The summed E-state index contributed by atoms with van der Waals surface area (Å²) in [6.07, 6.45) is 6.42. The molecule has 1 aromatic heterocycles. The predicted octanol–water partition coefficient (Wildman–Crippen LogP) is 6.44. The first-order valence-corrected chi connectivity index (χ1v) is 9.37. The fourth-order valence-electron chi connectivity index (χ4n) is 3.75. The third-order valence-electron chi connectivity index (χ3n) is 5.00. The van der Waals surface area contributed by atoms with E-state index in [0.717, 1.165) is 22.6 Å². The maximum atomic E-state index is 6.42. The van der Waals surface area contributed by atoms with Gasteiger partial charge in [-0.15, -0.1) is 0 Å². The summed E-state index contributed by atoms with van der Waals surface area (Å²) in [4.78, 5) is 4.97. The standard InChI is InChI=1S/C20H20Cl2N2/c21-16-11-10-15(17(22)12-16)13-24-19-9-5-4-8-18(19)23-20(24)14-6-2-1-3-7-14/h4-5,8-12,14H,1-3,6-7,13H2. The Morgan fingerprint density at radius 1 is 1.00 bits per heavy atom. The number of hydrogen-bond donors (Lipinski definition) is 0. The van der Waals surface area contributed by atoms with Crippen molar-refractivity contribution in [3.8, 4) is 0 Å². The topological polar surface area (TPSA) is 17.8 Å². The number of nitrogens with zero attached hydrogens (tertiary/aromatic N) is 2. The van der Waals surface area contributed by atoms with Crippen LogP contribution in [0.1, 0.15) is 49.4 Å². The Hall–Kier alpha value is -1.51. The number of halogens is 2. The van der Waals surface area contributed by atoms with Crippen molar-refractivity contribution in [2.75, 3.05) is 0 Å². The van der Waals surface area contributed by atoms with Crippen LogP contribution in [0.2, 0.25) is 10.0 Å². The molecule has 3 aromatic rings. The summed E-state index contributed by atoms with van der Waals surface area (Å²) < 4.78 is 2.35. The second-order valence-electron chi connectivity index (χ2n) is 6.62. The molecule has 0 aliphatic heterocycles. The van der Waals surface area contributed by atoms with Crippen molar-refractivity contribution in [3.63, 3.8) is 0 Å². The normalized spacial score (nSPS) is 15.9. The van der Waals surface area contributed by atoms with Crippen LogP contribution in [-0.2, 0) is 6.54 Å². The van der Waals surface area contributed by atoms with Gasteiger partial charge in [0.25, 0.3) is 0 Å². The van der Waals surface area contributed by atoms with Gasteiger partial charge in [0.05, 0.1) is 17.6 Å². The zero-order chi connectivity index (χ0) is 16.5. The number of para-hydroxylation sites is 2. The Morgan fingerprint density at radius 2 is 1.79 bits per heavy atom. The van der Waals surface area contributed by atoms with E-state index in [0.29, 0.717) is 10.9 Å². The smallest absolute Gasteiger partial charge is 0.113 e. The van der Waals surface area contributed by atoms with Crippen molar-refractivity contribution in [1.29, 1.82) is 0 Å². The molecule has 2 nitrogen and oxygen atoms in total. The van der Waals surface area contributed by atoms with Gasteiger partial charge in [0.2, 0.25) is 0 Å². The molecule has 1 fully saturated rings. The Labute approximate surface area is 152 Å². The fourth-order valence-corrected chi connectivity index (χ4v) is 4.22. The minimum Gasteiger partial charge on any atom is -0.323 e. The number of rotatable bonds is 3. The Kier molecular flexibility index (Phi) is 4.51. The van der Waals surface area contributed by atoms with Gasteiger partial charge in [-0.3, -0.25) is 0 Å². The van der Waals surface area contributed by atoms with E-state index in [1.807, 2.05) is 18.2 Å². The second-order valence-corrected chi connectivity index (χ2v) is 7.46. The van der Waals surface area contributed by atoms with Crippen LogP contribution in [0.15, 0.2) is 42.5 Å². The summed E-state index contributed by atoms with van der Waals surface area (Å²) in [7, 11) is 0. The van der Waals surface area contributed by atoms with E-state index in [1.165, 1.54) is 43.4 Å². The first kappa shape index (κ1) is 16.0. The van der Waals surface area contributed by atoms with Crippen LogP contribution >= 0.6 is 23.2 Å². The van der Waals surface area contributed by atoms with E-state index < -0.39 is 0 Å². The second kappa shape index (κ2) is 6.78. The van der Waals surface area contributed by atoms with Crippen molar-refractivity contribution in [2.45, 2.75) is 44.6 Å². The van der Waals surface area contributed by atoms with E-state index >= 15 is 0 Å². The Bertz CT molecular complexity index is 863. The molecular formula is C20H20Cl2N2. The molecule has 4 heteroatoms. The highest BCUT2D eigenvalue weighted by atomic mass is 35.5. The van der Waals surface area contributed by atoms with Crippen LogP contribution in [0.5, 0.6) is 0 Å². The van der Waals surface area contributed by atoms with E-state index in [-0.39, 0.29) is 0 Å². The van der Waals surface area contributed by atoms with Gasteiger partial charge < -0.3 is 4.57 Å². The van der Waals surface area contributed by atoms with Crippen molar-refractivity contribution in [3.05, 3.63) is 63.9 Å². The Balaban J connectivity index is 1.79. The average molecular weight is 359 g/mol. The molecular weight excluding hydrogens is 339 g/mol. The minimum atomic E-state index is 0.553. The molecule has 1 heterocycles. The van der Waals surface area contributed by atoms with E-state index in [1.54, 1.807) is 0 Å². The molecule has 0 saturated heterocycles. The van der Waals surface area contributed by atoms with Crippen molar-refractivity contribution in [1.82, 2.24) is 9.55 Å². The zero-order valence-corrected chi connectivity index (χ0v) is 15.0. The maximum Gasteiger partial charge on any atom is 0.113 e. The van der Waals surface area contributed by atoms with Gasteiger partial charge in [-0.1, -0.05) is 60.7 Å². The summed E-state index contributed by atoms with van der Waals surface area (Å²) in [6, 6.07) is 14.1. The van der Waals surface area contributed by atoms with Gasteiger partial charge in [-0.2, -0.15) is 0 Å². The van der Waals surface area contributed by atoms with Gasteiger partial charge in [-0.05, 0) is 42.7 Å². The lowest BCUT2D eigenvalue weighted by Crippen LogP contribution is -2.13. The van der Waals surface area contributed by atoms with Gasteiger partial charge in [-0.25, -0.2) is 4.98 Å². The van der Waals surface area contributed by atoms with Crippen molar-refractivity contribution < 1.29 is 0 Å². The summed E-state index contributed by atoms with van der Waals surface area (Å²) in [6.45, 7) is 0.738.